The normalized spacial score (nSPS) is 9.73. The molecule has 0 saturated heterocycles. The third kappa shape index (κ3) is 5.24. The molecular formula is C11H14O2S2. The topological polar surface area (TPSA) is 29.5 Å². The highest BCUT2D eigenvalue weighted by Crippen LogP contribution is 2.19. The van der Waals surface area contributed by atoms with E-state index < -0.39 is 0 Å². The fraction of sp³-hybridized carbons (Fsp3) is 0.455. The van der Waals surface area contributed by atoms with Crippen LogP contribution >= 0.6 is 23.1 Å². The summed E-state index contributed by atoms with van der Waals surface area (Å²) in [6.07, 6.45) is 0. The van der Waals surface area contributed by atoms with Crippen molar-refractivity contribution in [2.24, 2.45) is 0 Å². The summed E-state index contributed by atoms with van der Waals surface area (Å²) in [6.45, 7) is 0.723. The lowest BCUT2D eigenvalue weighted by molar-refractivity contribution is 0.218. The predicted octanol–water partition coefficient (Wildman–Crippen LogP) is 1.97. The molecule has 0 unspecified atom stereocenters. The van der Waals surface area contributed by atoms with Gasteiger partial charge in [0.1, 0.15) is 6.61 Å². The summed E-state index contributed by atoms with van der Waals surface area (Å²) in [7, 11) is 1.72. The molecule has 1 aromatic rings. The van der Waals surface area contributed by atoms with E-state index in [0.717, 1.165) is 23.7 Å². The smallest absolute Gasteiger partial charge is 0.104 e. The molecule has 2 nitrogen and oxygen atoms in total. The van der Waals surface area contributed by atoms with Crippen LogP contribution < -0.4 is 0 Å². The summed E-state index contributed by atoms with van der Waals surface area (Å²) in [5.74, 6) is 7.56. The van der Waals surface area contributed by atoms with Gasteiger partial charge in [-0.2, -0.15) is 11.8 Å². The van der Waals surface area contributed by atoms with Crippen LogP contribution in [-0.4, -0.2) is 31.2 Å². The van der Waals surface area contributed by atoms with Gasteiger partial charge in [0, 0.05) is 34.4 Å². The largest absolute Gasteiger partial charge is 0.384 e. The molecule has 0 amide bonds. The van der Waals surface area contributed by atoms with Crippen LogP contribution in [0.4, 0.5) is 0 Å². The molecule has 1 aromatic heterocycles. The molecule has 0 aliphatic heterocycles. The van der Waals surface area contributed by atoms with Crippen LogP contribution in [0.5, 0.6) is 0 Å². The van der Waals surface area contributed by atoms with Crippen molar-refractivity contribution in [1.82, 2.24) is 0 Å². The fourth-order valence-electron chi connectivity index (χ4n) is 0.978. The summed E-state index contributed by atoms with van der Waals surface area (Å²) in [6, 6.07) is 2.08. The van der Waals surface area contributed by atoms with E-state index in [1.807, 2.05) is 17.1 Å². The molecule has 0 aliphatic carbocycles. The van der Waals surface area contributed by atoms with Crippen LogP contribution in [0.15, 0.2) is 11.4 Å². The van der Waals surface area contributed by atoms with Crippen molar-refractivity contribution in [3.05, 3.63) is 21.9 Å². The Bertz CT molecular complexity index is 336. The Balaban J connectivity index is 2.33. The zero-order valence-corrected chi connectivity index (χ0v) is 10.3. The van der Waals surface area contributed by atoms with Gasteiger partial charge in [0.2, 0.25) is 0 Å². The SMILES string of the molecule is COCCSCc1cc(C#CCO)cs1. The van der Waals surface area contributed by atoms with Gasteiger partial charge in [-0.3, -0.25) is 0 Å². The van der Waals surface area contributed by atoms with Gasteiger partial charge in [-0.15, -0.1) is 11.3 Å². The quantitative estimate of drug-likeness (QED) is 0.632. The van der Waals surface area contributed by atoms with Crippen molar-refractivity contribution in [2.45, 2.75) is 5.75 Å². The van der Waals surface area contributed by atoms with E-state index in [4.69, 9.17) is 9.84 Å². The fourth-order valence-corrected chi connectivity index (χ4v) is 2.81. The number of methoxy groups -OCH3 is 1. The summed E-state index contributed by atoms with van der Waals surface area (Å²) in [5, 5.41) is 10.6. The molecule has 0 radical (unpaired) electrons. The summed E-state index contributed by atoms with van der Waals surface area (Å²) in [4.78, 5) is 1.32. The second-order valence-electron chi connectivity index (χ2n) is 2.81. The number of hydrogen-bond donors (Lipinski definition) is 1. The van der Waals surface area contributed by atoms with Crippen LogP contribution in [0.2, 0.25) is 0 Å². The number of rotatable bonds is 5. The Morgan fingerprint density at radius 3 is 3.20 bits per heavy atom. The van der Waals surface area contributed by atoms with Gasteiger partial charge in [-0.25, -0.2) is 0 Å². The molecule has 0 bridgehead atoms. The average Bonchev–Trinajstić information content (AvgIpc) is 2.69. The van der Waals surface area contributed by atoms with E-state index in [0.29, 0.717) is 0 Å². The van der Waals surface area contributed by atoms with Crippen LogP contribution in [0.1, 0.15) is 10.4 Å². The molecule has 15 heavy (non-hydrogen) atoms. The molecule has 1 heterocycles. The second kappa shape index (κ2) is 7.77. The van der Waals surface area contributed by atoms with Gasteiger partial charge in [0.15, 0.2) is 0 Å². The number of hydrogen-bond acceptors (Lipinski definition) is 4. The molecule has 0 saturated carbocycles. The Kier molecular flexibility index (Phi) is 6.53. The molecule has 1 rings (SSSR count). The van der Waals surface area contributed by atoms with Crippen molar-refractivity contribution >= 4 is 23.1 Å². The number of thiophene rings is 1. The highest BCUT2D eigenvalue weighted by molar-refractivity contribution is 7.98. The maximum absolute atomic E-state index is 8.55. The van der Waals surface area contributed by atoms with Crippen molar-refractivity contribution in [3.63, 3.8) is 0 Å². The summed E-state index contributed by atoms with van der Waals surface area (Å²) < 4.78 is 4.97. The van der Waals surface area contributed by atoms with Crippen molar-refractivity contribution in [2.75, 3.05) is 26.1 Å². The first-order chi connectivity index (χ1) is 7.36. The third-order valence-electron chi connectivity index (χ3n) is 1.64. The lowest BCUT2D eigenvalue weighted by atomic mass is 10.3. The second-order valence-corrected chi connectivity index (χ2v) is 4.91. The predicted molar refractivity (Wildman–Crippen MR) is 66.3 cm³/mol. The monoisotopic (exact) mass is 242 g/mol. The molecule has 1 N–H and O–H groups in total. The lowest BCUT2D eigenvalue weighted by Gasteiger charge is -1.97. The maximum Gasteiger partial charge on any atom is 0.104 e. The average molecular weight is 242 g/mol. The Morgan fingerprint density at radius 2 is 2.47 bits per heavy atom. The van der Waals surface area contributed by atoms with Gasteiger partial charge in [-0.1, -0.05) is 11.8 Å². The summed E-state index contributed by atoms with van der Waals surface area (Å²) >= 11 is 3.57. The van der Waals surface area contributed by atoms with Gasteiger partial charge < -0.3 is 9.84 Å². The third-order valence-corrected chi connectivity index (χ3v) is 3.73. The maximum atomic E-state index is 8.55. The molecule has 0 atom stereocenters. The molecule has 0 aromatic carbocycles. The van der Waals surface area contributed by atoms with Gasteiger partial charge in [0.05, 0.1) is 6.61 Å². The molecule has 82 valence electrons. The van der Waals surface area contributed by atoms with Crippen molar-refractivity contribution in [3.8, 4) is 11.8 Å². The van der Waals surface area contributed by atoms with E-state index in [1.165, 1.54) is 4.88 Å². The number of ether oxygens (including phenoxy) is 1. The van der Waals surface area contributed by atoms with E-state index in [1.54, 1.807) is 18.4 Å². The minimum atomic E-state index is -0.0756. The highest BCUT2D eigenvalue weighted by Gasteiger charge is 1.97. The van der Waals surface area contributed by atoms with E-state index in [2.05, 4.69) is 17.9 Å². The molecule has 4 heteroatoms. The Morgan fingerprint density at radius 1 is 1.60 bits per heavy atom. The first-order valence-corrected chi connectivity index (χ1v) is 6.64. The van der Waals surface area contributed by atoms with Crippen molar-refractivity contribution < 1.29 is 9.84 Å². The van der Waals surface area contributed by atoms with E-state index in [-0.39, 0.29) is 6.61 Å². The lowest BCUT2D eigenvalue weighted by Crippen LogP contribution is -1.91. The zero-order valence-electron chi connectivity index (χ0n) is 8.66. The zero-order chi connectivity index (χ0) is 10.9. The minimum Gasteiger partial charge on any atom is -0.384 e. The molecule has 0 spiro atoms. The minimum absolute atomic E-state index is 0.0756. The van der Waals surface area contributed by atoms with Crippen LogP contribution in [0.3, 0.4) is 0 Å². The van der Waals surface area contributed by atoms with Crippen LogP contribution in [-0.2, 0) is 10.5 Å². The molecule has 0 fully saturated rings. The Labute approximate surface area is 98.7 Å². The number of thioether (sulfide) groups is 1. The van der Waals surface area contributed by atoms with Gasteiger partial charge in [-0.05, 0) is 6.07 Å². The van der Waals surface area contributed by atoms with Crippen LogP contribution in [0.25, 0.3) is 0 Å². The number of aliphatic hydroxyl groups is 1. The first-order valence-electron chi connectivity index (χ1n) is 4.60. The van der Waals surface area contributed by atoms with Gasteiger partial charge >= 0.3 is 0 Å². The Hall–Kier alpha value is -0.470. The van der Waals surface area contributed by atoms with E-state index in [9.17, 15) is 0 Å². The number of aliphatic hydroxyl groups excluding tert-OH is 1. The highest BCUT2D eigenvalue weighted by atomic mass is 32.2. The molecular weight excluding hydrogens is 228 g/mol. The first kappa shape index (κ1) is 12.6. The van der Waals surface area contributed by atoms with Crippen molar-refractivity contribution in [1.29, 1.82) is 0 Å². The van der Waals surface area contributed by atoms with E-state index >= 15 is 0 Å². The van der Waals surface area contributed by atoms with Gasteiger partial charge in [0.25, 0.3) is 0 Å². The standard InChI is InChI=1S/C11H14O2S2/c1-13-5-6-14-9-11-7-10(8-15-11)3-2-4-12/h7-8,12H,4-6,9H2,1H3. The summed E-state index contributed by atoms with van der Waals surface area (Å²) in [5.41, 5.74) is 0.997. The molecule has 0 aliphatic rings. The van der Waals surface area contributed by atoms with Crippen LogP contribution in [0, 0.1) is 11.8 Å².